The first-order valence-corrected chi connectivity index (χ1v) is 7.12. The number of amides is 1. The molecule has 0 aromatic heterocycles. The van der Waals surface area contributed by atoms with Gasteiger partial charge in [-0.1, -0.05) is 30.3 Å². The van der Waals surface area contributed by atoms with Gasteiger partial charge in [0.05, 0.1) is 27.7 Å². The molecule has 5 heteroatoms. The number of carbonyl (C=O) groups excluding carboxylic acids is 2. The quantitative estimate of drug-likeness (QED) is 0.602. The van der Waals surface area contributed by atoms with E-state index < -0.39 is 12.0 Å². The summed E-state index contributed by atoms with van der Waals surface area (Å²) in [7, 11) is 5.78. The minimum Gasteiger partial charge on any atom is -0.464 e. The number of benzene rings is 1. The Bertz CT molecular complexity index is 466. The van der Waals surface area contributed by atoms with E-state index in [-0.39, 0.29) is 5.91 Å². The number of hydrogen-bond acceptors (Lipinski definition) is 3. The van der Waals surface area contributed by atoms with Crippen LogP contribution in [0.5, 0.6) is 0 Å². The normalized spacial score (nSPS) is 12.6. The van der Waals surface area contributed by atoms with Crippen molar-refractivity contribution in [1.29, 1.82) is 0 Å². The zero-order chi connectivity index (χ0) is 15.9. The molecule has 0 saturated heterocycles. The van der Waals surface area contributed by atoms with Gasteiger partial charge in [-0.15, -0.1) is 0 Å². The molecule has 1 amide bonds. The molecule has 0 heterocycles. The molecule has 1 atom stereocenters. The van der Waals surface area contributed by atoms with Gasteiger partial charge >= 0.3 is 5.97 Å². The van der Waals surface area contributed by atoms with Crippen molar-refractivity contribution >= 4 is 11.9 Å². The molecule has 0 aliphatic heterocycles. The number of carbonyl (C=O) groups is 2. The summed E-state index contributed by atoms with van der Waals surface area (Å²) in [6, 6.07) is 8.94. The summed E-state index contributed by atoms with van der Waals surface area (Å²) in [5.41, 5.74) is 0.987. The van der Waals surface area contributed by atoms with Crippen LogP contribution in [0.3, 0.4) is 0 Å². The summed E-state index contributed by atoms with van der Waals surface area (Å²) in [6.45, 7) is 2.37. The molecule has 1 rings (SSSR count). The fourth-order valence-electron chi connectivity index (χ4n) is 1.96. The smallest absolute Gasteiger partial charge is 0.328 e. The van der Waals surface area contributed by atoms with Crippen LogP contribution in [0.15, 0.2) is 30.3 Å². The van der Waals surface area contributed by atoms with E-state index in [2.05, 4.69) is 5.32 Å². The standard InChI is InChI=1S/C16H24N2O3/c1-5-21-16(20)14(11-13-9-7-6-8-10-13)17-15(19)12-18(2,3)4/h6-10,14H,5,11-12H2,1-4H3/p+1. The predicted molar refractivity (Wildman–Crippen MR) is 81.6 cm³/mol. The maximum atomic E-state index is 12.0. The molecular formula is C16H25N2O3+. The summed E-state index contributed by atoms with van der Waals surface area (Å²) >= 11 is 0. The highest BCUT2D eigenvalue weighted by Crippen LogP contribution is 2.05. The summed E-state index contributed by atoms with van der Waals surface area (Å²) in [5, 5.41) is 2.78. The molecule has 1 aromatic carbocycles. The SMILES string of the molecule is CCOC(=O)C(Cc1ccccc1)NC(=O)C[N+](C)(C)C. The fourth-order valence-corrected chi connectivity index (χ4v) is 1.96. The van der Waals surface area contributed by atoms with E-state index in [9.17, 15) is 9.59 Å². The van der Waals surface area contributed by atoms with Crippen LogP contribution in [0.1, 0.15) is 12.5 Å². The Kier molecular flexibility index (Phi) is 6.37. The minimum absolute atomic E-state index is 0.156. The number of esters is 1. The lowest BCUT2D eigenvalue weighted by Gasteiger charge is -2.24. The van der Waals surface area contributed by atoms with Gasteiger partial charge in [-0.2, -0.15) is 0 Å². The van der Waals surface area contributed by atoms with E-state index in [0.29, 0.717) is 24.1 Å². The monoisotopic (exact) mass is 293 g/mol. The van der Waals surface area contributed by atoms with Gasteiger partial charge in [-0.25, -0.2) is 4.79 Å². The second-order valence-corrected chi connectivity index (χ2v) is 6.01. The van der Waals surface area contributed by atoms with Gasteiger partial charge in [-0.3, -0.25) is 4.79 Å². The molecule has 1 N–H and O–H groups in total. The summed E-state index contributed by atoms with van der Waals surface area (Å²) in [6.07, 6.45) is 0.433. The molecule has 0 saturated carbocycles. The average molecular weight is 293 g/mol. The van der Waals surface area contributed by atoms with Gasteiger partial charge < -0.3 is 14.5 Å². The fraction of sp³-hybridized carbons (Fsp3) is 0.500. The molecule has 1 aromatic rings. The molecule has 0 aliphatic carbocycles. The highest BCUT2D eigenvalue weighted by atomic mass is 16.5. The highest BCUT2D eigenvalue weighted by molar-refractivity contribution is 5.85. The van der Waals surface area contributed by atoms with E-state index in [1.807, 2.05) is 51.5 Å². The van der Waals surface area contributed by atoms with Crippen LogP contribution in [0.2, 0.25) is 0 Å². The molecule has 0 aliphatic rings. The Morgan fingerprint density at radius 3 is 2.33 bits per heavy atom. The third-order valence-corrected chi connectivity index (χ3v) is 2.81. The molecule has 21 heavy (non-hydrogen) atoms. The molecule has 0 radical (unpaired) electrons. The van der Waals surface area contributed by atoms with E-state index in [1.165, 1.54) is 0 Å². The van der Waals surface area contributed by atoms with E-state index in [0.717, 1.165) is 5.56 Å². The van der Waals surface area contributed by atoms with Gasteiger partial charge in [0, 0.05) is 6.42 Å². The van der Waals surface area contributed by atoms with Crippen LogP contribution in [0.25, 0.3) is 0 Å². The number of ether oxygens (including phenoxy) is 1. The predicted octanol–water partition coefficient (Wildman–Crippen LogP) is 0.983. The first-order chi connectivity index (χ1) is 9.81. The van der Waals surface area contributed by atoms with Crippen LogP contribution in [0, 0.1) is 0 Å². The Balaban J connectivity index is 2.73. The lowest BCUT2D eigenvalue weighted by Crippen LogP contribution is -2.50. The maximum absolute atomic E-state index is 12.0. The summed E-state index contributed by atoms with van der Waals surface area (Å²) in [4.78, 5) is 24.0. The number of quaternary nitrogens is 1. The van der Waals surface area contributed by atoms with Crippen molar-refractivity contribution in [2.75, 3.05) is 34.3 Å². The summed E-state index contributed by atoms with van der Waals surface area (Å²) in [5.74, 6) is -0.549. The molecule has 0 fully saturated rings. The maximum Gasteiger partial charge on any atom is 0.328 e. The van der Waals surface area contributed by atoms with Gasteiger partial charge in [0.2, 0.25) is 0 Å². The van der Waals surface area contributed by atoms with Crippen LogP contribution in [0.4, 0.5) is 0 Å². The third-order valence-electron chi connectivity index (χ3n) is 2.81. The second-order valence-electron chi connectivity index (χ2n) is 6.01. The van der Waals surface area contributed by atoms with E-state index in [4.69, 9.17) is 4.74 Å². The second kappa shape index (κ2) is 7.78. The zero-order valence-corrected chi connectivity index (χ0v) is 13.3. The molecular weight excluding hydrogens is 268 g/mol. The number of nitrogens with zero attached hydrogens (tertiary/aromatic N) is 1. The van der Waals surface area contributed by atoms with Crippen molar-refractivity contribution in [3.63, 3.8) is 0 Å². The average Bonchev–Trinajstić information content (AvgIpc) is 2.37. The number of likely N-dealkylation sites (N-methyl/N-ethyl adjacent to an activating group) is 1. The van der Waals surface area contributed by atoms with Gasteiger partial charge in [0.1, 0.15) is 6.04 Å². The first kappa shape index (κ1) is 17.2. The lowest BCUT2D eigenvalue weighted by atomic mass is 10.1. The van der Waals surface area contributed by atoms with Crippen molar-refractivity contribution in [3.05, 3.63) is 35.9 Å². The Morgan fingerprint density at radius 2 is 1.81 bits per heavy atom. The zero-order valence-electron chi connectivity index (χ0n) is 13.3. The molecule has 116 valence electrons. The molecule has 5 nitrogen and oxygen atoms in total. The summed E-state index contributed by atoms with van der Waals surface area (Å²) < 4.78 is 5.56. The first-order valence-electron chi connectivity index (χ1n) is 7.12. The third kappa shape index (κ3) is 6.90. The molecule has 1 unspecified atom stereocenters. The van der Waals surface area contributed by atoms with Crippen LogP contribution in [-0.4, -0.2) is 56.7 Å². The molecule has 0 bridgehead atoms. The lowest BCUT2D eigenvalue weighted by molar-refractivity contribution is -0.862. The largest absolute Gasteiger partial charge is 0.464 e. The number of rotatable bonds is 7. The molecule has 0 spiro atoms. The topological polar surface area (TPSA) is 55.4 Å². The highest BCUT2D eigenvalue weighted by Gasteiger charge is 2.24. The van der Waals surface area contributed by atoms with Crippen molar-refractivity contribution in [2.24, 2.45) is 0 Å². The van der Waals surface area contributed by atoms with E-state index >= 15 is 0 Å². The van der Waals surface area contributed by atoms with Crippen LogP contribution < -0.4 is 5.32 Å². The number of hydrogen-bond donors (Lipinski definition) is 1. The Hall–Kier alpha value is -1.88. The minimum atomic E-state index is -0.647. The van der Waals surface area contributed by atoms with Crippen molar-refractivity contribution in [2.45, 2.75) is 19.4 Å². The Labute approximate surface area is 126 Å². The van der Waals surface area contributed by atoms with Gasteiger partial charge in [0.15, 0.2) is 6.54 Å². The number of nitrogens with one attached hydrogen (secondary N) is 1. The van der Waals surface area contributed by atoms with Crippen molar-refractivity contribution in [1.82, 2.24) is 5.32 Å². The van der Waals surface area contributed by atoms with Crippen LogP contribution >= 0.6 is 0 Å². The Morgan fingerprint density at radius 1 is 1.19 bits per heavy atom. The van der Waals surface area contributed by atoms with Crippen molar-refractivity contribution < 1.29 is 18.8 Å². The van der Waals surface area contributed by atoms with Crippen LogP contribution in [-0.2, 0) is 20.7 Å². The van der Waals surface area contributed by atoms with Crippen molar-refractivity contribution in [3.8, 4) is 0 Å². The van der Waals surface area contributed by atoms with E-state index in [1.54, 1.807) is 6.92 Å². The van der Waals surface area contributed by atoms with Gasteiger partial charge in [-0.05, 0) is 12.5 Å². The van der Waals surface area contributed by atoms with Gasteiger partial charge in [0.25, 0.3) is 5.91 Å².